The lowest BCUT2D eigenvalue weighted by atomic mass is 9.43. The van der Waals surface area contributed by atoms with Crippen molar-refractivity contribution in [1.82, 2.24) is 0 Å². The maximum absolute atomic E-state index is 14.6. The standard InChI is InChI=1S/C37H30N2O6/c1-4-45-36(44)29-19(2)26-27-30(34(42)38(32(27)40)24-17-9-13-20-11-5-7-15-22(20)24)37(29,3)31-28(26)33(41)39(35(31)43)25-18-10-14-21-12-6-8-16-23(21)25/h5-18,26-28,30-31H,4H2,1-3H3/t26?,27-,28-,30-,31-,37?/m1/s1. The molecule has 0 unspecified atom stereocenters. The van der Waals surface area contributed by atoms with E-state index in [1.54, 1.807) is 45.0 Å². The number of hydrogen-bond acceptors (Lipinski definition) is 6. The molecule has 0 spiro atoms. The van der Waals surface area contributed by atoms with Crippen molar-refractivity contribution in [1.29, 1.82) is 0 Å². The number of hydrogen-bond donors (Lipinski definition) is 0. The second-order valence-corrected chi connectivity index (χ2v) is 12.6. The van der Waals surface area contributed by atoms with Crippen LogP contribution in [-0.2, 0) is 28.7 Å². The van der Waals surface area contributed by atoms with Crippen molar-refractivity contribution < 1.29 is 28.7 Å². The minimum Gasteiger partial charge on any atom is -0.463 e. The van der Waals surface area contributed by atoms with Crippen LogP contribution in [0.25, 0.3) is 21.5 Å². The van der Waals surface area contributed by atoms with Crippen molar-refractivity contribution in [3.05, 3.63) is 96.1 Å². The van der Waals surface area contributed by atoms with Crippen LogP contribution in [0.3, 0.4) is 0 Å². The molecule has 4 atom stereocenters. The van der Waals surface area contributed by atoms with Gasteiger partial charge < -0.3 is 4.74 Å². The highest BCUT2D eigenvalue weighted by Gasteiger charge is 2.77. The Labute approximate surface area is 259 Å². The first-order valence-electron chi connectivity index (χ1n) is 15.3. The van der Waals surface area contributed by atoms with Gasteiger partial charge in [-0.1, -0.05) is 85.3 Å². The fourth-order valence-corrected chi connectivity index (χ4v) is 9.09. The third-order valence-corrected chi connectivity index (χ3v) is 10.7. The molecule has 9 rings (SSSR count). The number of esters is 1. The average molecular weight is 599 g/mol. The van der Waals surface area contributed by atoms with Crippen LogP contribution in [0, 0.1) is 35.0 Å². The molecule has 2 saturated heterocycles. The van der Waals surface area contributed by atoms with E-state index in [1.807, 2.05) is 60.7 Å². The molecule has 8 nitrogen and oxygen atoms in total. The Hall–Kier alpha value is -5.11. The largest absolute Gasteiger partial charge is 0.463 e. The van der Waals surface area contributed by atoms with E-state index in [0.717, 1.165) is 21.5 Å². The molecule has 1 saturated carbocycles. The first kappa shape index (κ1) is 27.4. The van der Waals surface area contributed by atoms with Crippen molar-refractivity contribution in [2.75, 3.05) is 16.4 Å². The van der Waals surface area contributed by atoms with E-state index in [1.165, 1.54) is 9.80 Å². The van der Waals surface area contributed by atoms with Crippen LogP contribution >= 0.6 is 0 Å². The van der Waals surface area contributed by atoms with Crippen LogP contribution in [0.15, 0.2) is 96.1 Å². The van der Waals surface area contributed by atoms with Crippen LogP contribution in [0.1, 0.15) is 20.8 Å². The van der Waals surface area contributed by atoms with Crippen molar-refractivity contribution in [2.24, 2.45) is 35.0 Å². The van der Waals surface area contributed by atoms with Gasteiger partial charge in [0.2, 0.25) is 23.6 Å². The molecule has 0 radical (unpaired) electrons. The Morgan fingerprint density at radius 2 is 1.11 bits per heavy atom. The fourth-order valence-electron chi connectivity index (χ4n) is 9.09. The number of rotatable bonds is 4. The van der Waals surface area contributed by atoms with Gasteiger partial charge in [0.25, 0.3) is 0 Å². The van der Waals surface area contributed by atoms with E-state index in [4.69, 9.17) is 4.74 Å². The van der Waals surface area contributed by atoms with Crippen molar-refractivity contribution in [3.8, 4) is 0 Å². The number of nitrogens with zero attached hydrogens (tertiary/aromatic N) is 2. The van der Waals surface area contributed by atoms with E-state index in [9.17, 15) is 24.0 Å². The van der Waals surface area contributed by atoms with Crippen molar-refractivity contribution >= 4 is 62.5 Å². The highest BCUT2D eigenvalue weighted by atomic mass is 16.5. The molecule has 224 valence electrons. The average Bonchev–Trinajstić information content (AvgIpc) is 3.46. The summed E-state index contributed by atoms with van der Waals surface area (Å²) in [7, 11) is 0. The number of amides is 4. The van der Waals surface area contributed by atoms with Gasteiger partial charge in [-0.2, -0.15) is 0 Å². The quantitative estimate of drug-likeness (QED) is 0.229. The van der Waals surface area contributed by atoms with Crippen LogP contribution in [0.2, 0.25) is 0 Å². The molecule has 4 amide bonds. The van der Waals surface area contributed by atoms with Gasteiger partial charge in [-0.3, -0.25) is 19.2 Å². The van der Waals surface area contributed by atoms with E-state index in [0.29, 0.717) is 16.9 Å². The summed E-state index contributed by atoms with van der Waals surface area (Å²) in [4.78, 5) is 74.5. The highest BCUT2D eigenvalue weighted by molar-refractivity contribution is 6.30. The van der Waals surface area contributed by atoms with E-state index < -0.39 is 64.6 Å². The minimum atomic E-state index is -1.46. The number of benzene rings is 4. The fraction of sp³-hybridized carbons (Fsp3) is 0.270. The number of ether oxygens (including phenoxy) is 1. The van der Waals surface area contributed by atoms with Crippen LogP contribution in [0.4, 0.5) is 11.4 Å². The van der Waals surface area contributed by atoms with Gasteiger partial charge in [0.05, 0.1) is 41.7 Å². The Balaban J connectivity index is 1.33. The Kier molecular flexibility index (Phi) is 5.76. The number of fused-ring (bicyclic) bond motifs is 2. The van der Waals surface area contributed by atoms with Crippen LogP contribution < -0.4 is 9.80 Å². The molecule has 0 N–H and O–H groups in total. The summed E-state index contributed by atoms with van der Waals surface area (Å²) in [6.45, 7) is 5.26. The lowest BCUT2D eigenvalue weighted by molar-refractivity contribution is -0.155. The molecule has 3 aliphatic carbocycles. The lowest BCUT2D eigenvalue weighted by Crippen LogP contribution is -2.61. The third kappa shape index (κ3) is 3.34. The summed E-state index contributed by atoms with van der Waals surface area (Å²) in [6.07, 6.45) is 0. The summed E-state index contributed by atoms with van der Waals surface area (Å²) < 4.78 is 5.51. The second kappa shape index (κ2) is 9.44. The molecular formula is C37H30N2O6. The summed E-state index contributed by atoms with van der Waals surface area (Å²) in [6, 6.07) is 25.9. The predicted octanol–water partition coefficient (Wildman–Crippen LogP) is 5.43. The molecule has 2 heterocycles. The van der Waals surface area contributed by atoms with E-state index in [-0.39, 0.29) is 12.2 Å². The highest BCUT2D eigenvalue weighted by Crippen LogP contribution is 2.69. The van der Waals surface area contributed by atoms with Gasteiger partial charge in [0.1, 0.15) is 0 Å². The Morgan fingerprint density at radius 3 is 1.58 bits per heavy atom. The minimum absolute atomic E-state index is 0.0998. The predicted molar refractivity (Wildman–Crippen MR) is 168 cm³/mol. The summed E-state index contributed by atoms with van der Waals surface area (Å²) in [5.41, 5.74) is 0.226. The molecule has 8 heteroatoms. The Bertz CT molecular complexity index is 1930. The number of carbonyl (C=O) groups excluding carboxylic acids is 5. The molecule has 45 heavy (non-hydrogen) atoms. The topological polar surface area (TPSA) is 101 Å². The SMILES string of the molecule is CCOC(=O)C1=C(C)C2[C@H]3C(=O)N(c4cccc5ccccc45)C(=O)[C@@H]3C1(C)[C@H]1C(=O)N(c3cccc4ccccc34)C(=O)[C@H]21. The number of allylic oxidation sites excluding steroid dienone is 1. The maximum Gasteiger partial charge on any atom is 0.334 e. The van der Waals surface area contributed by atoms with Gasteiger partial charge in [-0.05, 0) is 36.8 Å². The van der Waals surface area contributed by atoms with Crippen LogP contribution in [-0.4, -0.2) is 36.2 Å². The molecule has 0 aromatic heterocycles. The smallest absolute Gasteiger partial charge is 0.334 e. The zero-order valence-electron chi connectivity index (χ0n) is 25.0. The van der Waals surface area contributed by atoms with Crippen molar-refractivity contribution in [3.63, 3.8) is 0 Å². The summed E-state index contributed by atoms with van der Waals surface area (Å²) >= 11 is 0. The molecule has 5 aliphatic rings. The number of imide groups is 2. The first-order chi connectivity index (χ1) is 21.7. The lowest BCUT2D eigenvalue weighted by Gasteiger charge is -2.55. The first-order valence-corrected chi connectivity index (χ1v) is 15.3. The maximum atomic E-state index is 14.6. The second-order valence-electron chi connectivity index (χ2n) is 12.6. The normalized spacial score (nSPS) is 28.8. The number of carbonyl (C=O) groups is 5. The monoisotopic (exact) mass is 598 g/mol. The molecule has 4 aromatic rings. The van der Waals surface area contributed by atoms with Gasteiger partial charge >= 0.3 is 5.97 Å². The molecule has 4 aromatic carbocycles. The molecule has 2 aliphatic heterocycles. The molecule has 2 bridgehead atoms. The van der Waals surface area contributed by atoms with E-state index in [2.05, 4.69) is 0 Å². The van der Waals surface area contributed by atoms with E-state index >= 15 is 0 Å². The van der Waals surface area contributed by atoms with Gasteiger partial charge in [-0.15, -0.1) is 0 Å². The van der Waals surface area contributed by atoms with Gasteiger partial charge in [0.15, 0.2) is 0 Å². The zero-order valence-corrected chi connectivity index (χ0v) is 25.0. The van der Waals surface area contributed by atoms with Gasteiger partial charge in [-0.25, -0.2) is 14.6 Å². The van der Waals surface area contributed by atoms with Crippen molar-refractivity contribution in [2.45, 2.75) is 20.8 Å². The zero-order chi connectivity index (χ0) is 31.4. The molecule has 3 fully saturated rings. The Morgan fingerprint density at radius 1 is 0.667 bits per heavy atom. The summed E-state index contributed by atoms with van der Waals surface area (Å²) in [5.74, 6) is -7.08. The number of anilines is 2. The van der Waals surface area contributed by atoms with Crippen LogP contribution in [0.5, 0.6) is 0 Å². The summed E-state index contributed by atoms with van der Waals surface area (Å²) in [5, 5.41) is 3.22. The van der Waals surface area contributed by atoms with Gasteiger partial charge in [0, 0.05) is 27.7 Å². The third-order valence-electron chi connectivity index (χ3n) is 10.7. The molecular weight excluding hydrogens is 568 g/mol.